The van der Waals surface area contributed by atoms with Gasteiger partial charge in [0.05, 0.1) is 0 Å². The van der Waals surface area contributed by atoms with Crippen LogP contribution in [-0.4, -0.2) is 21.0 Å². The first-order valence-corrected chi connectivity index (χ1v) is 11.9. The second-order valence-corrected chi connectivity index (χ2v) is 8.55. The van der Waals surface area contributed by atoms with Gasteiger partial charge in [0.2, 0.25) is 0 Å². The number of aromatic nitrogens is 3. The van der Waals surface area contributed by atoms with Crippen molar-refractivity contribution in [3.8, 4) is 0 Å². The second kappa shape index (κ2) is 13.0. The summed E-state index contributed by atoms with van der Waals surface area (Å²) < 4.78 is 2.09. The first kappa shape index (κ1) is 22.0. The van der Waals surface area contributed by atoms with Crippen LogP contribution in [0.1, 0.15) is 88.2 Å². The first-order valence-electron chi connectivity index (χ1n) is 10.7. The van der Waals surface area contributed by atoms with Gasteiger partial charge in [0.25, 0.3) is 0 Å². The zero-order valence-corrected chi connectivity index (χ0v) is 18.3. The van der Waals surface area contributed by atoms with Crippen molar-refractivity contribution in [1.29, 1.82) is 0 Å². The van der Waals surface area contributed by atoms with Gasteiger partial charge in [-0.05, 0) is 61.6 Å². The van der Waals surface area contributed by atoms with Gasteiger partial charge in [0.1, 0.15) is 12.7 Å². The Morgan fingerprint density at radius 1 is 0.926 bits per heavy atom. The minimum Gasteiger partial charge on any atom is -0.320 e. The van der Waals surface area contributed by atoms with Gasteiger partial charge in [-0.15, -0.1) is 22.0 Å². The number of thioether (sulfide) groups is 1. The average Bonchev–Trinajstić information content (AvgIpc) is 3.19. The molecule has 1 aromatic heterocycles. The third-order valence-electron chi connectivity index (χ3n) is 5.51. The van der Waals surface area contributed by atoms with E-state index < -0.39 is 0 Å². The zero-order chi connectivity index (χ0) is 19.3. The summed E-state index contributed by atoms with van der Waals surface area (Å²) in [4.78, 5) is 1.37. The highest BCUT2D eigenvalue weighted by molar-refractivity contribution is 7.98. The Labute approximate surface area is 170 Å². The third kappa shape index (κ3) is 8.08. The van der Waals surface area contributed by atoms with Gasteiger partial charge in [-0.1, -0.05) is 57.9 Å². The molecule has 0 N–H and O–H groups in total. The first-order chi connectivity index (χ1) is 13.2. The van der Waals surface area contributed by atoms with E-state index in [4.69, 9.17) is 0 Å². The molecule has 1 heterocycles. The van der Waals surface area contributed by atoms with E-state index >= 15 is 0 Å². The Bertz CT molecular complexity index is 625. The predicted octanol–water partition coefficient (Wildman–Crippen LogP) is 7.01. The minimum atomic E-state index is 0.674. The highest BCUT2D eigenvalue weighted by Crippen LogP contribution is 2.32. The van der Waals surface area contributed by atoms with Crippen LogP contribution in [0.2, 0.25) is 0 Å². The van der Waals surface area contributed by atoms with Gasteiger partial charge in [-0.3, -0.25) is 0 Å². The van der Waals surface area contributed by atoms with Gasteiger partial charge < -0.3 is 4.57 Å². The van der Waals surface area contributed by atoms with E-state index in [9.17, 15) is 0 Å². The molecule has 0 saturated heterocycles. The molecule has 3 nitrogen and oxygen atoms in total. The van der Waals surface area contributed by atoms with Crippen molar-refractivity contribution in [3.05, 3.63) is 42.0 Å². The van der Waals surface area contributed by atoms with Crippen LogP contribution in [0, 0.1) is 6.92 Å². The van der Waals surface area contributed by atoms with Crippen LogP contribution in [0.3, 0.4) is 0 Å². The fourth-order valence-electron chi connectivity index (χ4n) is 3.89. The number of unbranched alkanes of at least 4 members (excludes halogenated alkanes) is 6. The van der Waals surface area contributed by atoms with Crippen molar-refractivity contribution in [2.24, 2.45) is 0 Å². The fourth-order valence-corrected chi connectivity index (χ4v) is 4.39. The topological polar surface area (TPSA) is 30.7 Å². The molecule has 1 aromatic carbocycles. The van der Waals surface area contributed by atoms with E-state index in [1.54, 1.807) is 5.56 Å². The molecule has 0 aliphatic heterocycles. The van der Waals surface area contributed by atoms with E-state index in [1.165, 1.54) is 74.7 Å². The summed E-state index contributed by atoms with van der Waals surface area (Å²) in [6, 6.07) is 7.04. The fraction of sp³-hybridized carbons (Fsp3) is 0.652. The summed E-state index contributed by atoms with van der Waals surface area (Å²) in [5.74, 6) is 0.674. The molecular weight excluding hydrogens is 350 g/mol. The molecule has 27 heavy (non-hydrogen) atoms. The average molecular weight is 388 g/mol. The molecule has 0 bridgehead atoms. The Morgan fingerprint density at radius 2 is 1.59 bits per heavy atom. The maximum atomic E-state index is 3.91. The molecule has 2 aromatic rings. The number of hydrogen-bond donors (Lipinski definition) is 0. The normalized spacial score (nSPS) is 12.4. The molecule has 0 spiro atoms. The highest BCUT2D eigenvalue weighted by Gasteiger charge is 2.14. The molecule has 2 rings (SSSR count). The third-order valence-corrected chi connectivity index (χ3v) is 6.23. The van der Waals surface area contributed by atoms with Crippen molar-refractivity contribution in [1.82, 2.24) is 14.8 Å². The molecule has 4 heteroatoms. The summed E-state index contributed by atoms with van der Waals surface area (Å²) in [7, 11) is 0. The van der Waals surface area contributed by atoms with E-state index in [2.05, 4.69) is 53.1 Å². The van der Waals surface area contributed by atoms with Crippen LogP contribution in [0.15, 0.2) is 35.7 Å². The van der Waals surface area contributed by atoms with E-state index in [1.807, 2.05) is 24.4 Å². The lowest BCUT2D eigenvalue weighted by Gasteiger charge is -2.20. The van der Waals surface area contributed by atoms with Gasteiger partial charge in [0, 0.05) is 11.4 Å². The maximum absolute atomic E-state index is 3.91. The molecular formula is C23H37N3S. The van der Waals surface area contributed by atoms with Crippen molar-refractivity contribution in [2.45, 2.75) is 95.4 Å². The van der Waals surface area contributed by atoms with E-state index in [-0.39, 0.29) is 0 Å². The molecule has 0 saturated carbocycles. The Balaban J connectivity index is 1.87. The standard InChI is InChI=1S/C23H37N3S/c1-4-5-6-7-8-9-10-12-21(13-11-16-26-18-24-25-19-26)23-15-14-22(27-3)17-20(23)2/h14-15,17-19,21H,4-13,16H2,1-3H3. The molecule has 1 unspecified atom stereocenters. The lowest BCUT2D eigenvalue weighted by molar-refractivity contribution is 0.481. The van der Waals surface area contributed by atoms with Crippen LogP contribution >= 0.6 is 11.8 Å². The van der Waals surface area contributed by atoms with Crippen LogP contribution < -0.4 is 0 Å². The summed E-state index contributed by atoms with van der Waals surface area (Å²) in [6.45, 7) is 5.59. The molecule has 0 fully saturated rings. The maximum Gasteiger partial charge on any atom is 0.119 e. The SMILES string of the molecule is CCCCCCCCCC(CCCn1cnnc1)c1ccc(SC)cc1C. The molecule has 0 radical (unpaired) electrons. The predicted molar refractivity (Wildman–Crippen MR) is 118 cm³/mol. The van der Waals surface area contributed by atoms with Crippen LogP contribution in [-0.2, 0) is 6.54 Å². The highest BCUT2D eigenvalue weighted by atomic mass is 32.2. The number of aryl methyl sites for hydroxylation is 2. The summed E-state index contributed by atoms with van der Waals surface area (Å²) in [6.07, 6.45) is 19.2. The molecule has 0 amide bonds. The number of rotatable bonds is 14. The number of nitrogens with zero attached hydrogens (tertiary/aromatic N) is 3. The Kier molecular flexibility index (Phi) is 10.6. The van der Waals surface area contributed by atoms with Crippen LogP contribution in [0.4, 0.5) is 0 Å². The van der Waals surface area contributed by atoms with E-state index in [0.717, 1.165) is 6.54 Å². The molecule has 0 aliphatic rings. The van der Waals surface area contributed by atoms with Crippen molar-refractivity contribution in [2.75, 3.05) is 6.26 Å². The lowest BCUT2D eigenvalue weighted by Crippen LogP contribution is -2.04. The van der Waals surface area contributed by atoms with Gasteiger partial charge in [-0.25, -0.2) is 0 Å². The number of benzene rings is 1. The monoisotopic (exact) mass is 387 g/mol. The minimum absolute atomic E-state index is 0.674. The van der Waals surface area contributed by atoms with Crippen LogP contribution in [0.5, 0.6) is 0 Å². The van der Waals surface area contributed by atoms with Gasteiger partial charge in [-0.2, -0.15) is 0 Å². The molecule has 0 aliphatic carbocycles. The molecule has 150 valence electrons. The summed E-state index contributed by atoms with van der Waals surface area (Å²) in [5.41, 5.74) is 3.02. The van der Waals surface area contributed by atoms with Crippen LogP contribution in [0.25, 0.3) is 0 Å². The van der Waals surface area contributed by atoms with Crippen molar-refractivity contribution >= 4 is 11.8 Å². The molecule has 1 atom stereocenters. The zero-order valence-electron chi connectivity index (χ0n) is 17.5. The second-order valence-electron chi connectivity index (χ2n) is 7.67. The van der Waals surface area contributed by atoms with Gasteiger partial charge in [0.15, 0.2) is 0 Å². The quantitative estimate of drug-likeness (QED) is 0.258. The Hall–Kier alpha value is -1.29. The smallest absolute Gasteiger partial charge is 0.119 e. The Morgan fingerprint density at radius 3 is 2.26 bits per heavy atom. The van der Waals surface area contributed by atoms with Crippen molar-refractivity contribution < 1.29 is 0 Å². The van der Waals surface area contributed by atoms with Crippen molar-refractivity contribution in [3.63, 3.8) is 0 Å². The van der Waals surface area contributed by atoms with Gasteiger partial charge >= 0.3 is 0 Å². The lowest BCUT2D eigenvalue weighted by atomic mass is 9.86. The summed E-state index contributed by atoms with van der Waals surface area (Å²) in [5, 5.41) is 7.83. The number of hydrogen-bond acceptors (Lipinski definition) is 3. The summed E-state index contributed by atoms with van der Waals surface area (Å²) >= 11 is 1.83. The largest absolute Gasteiger partial charge is 0.320 e. The van der Waals surface area contributed by atoms with E-state index in [0.29, 0.717) is 5.92 Å².